The molecular formula is C17H19N5O. The third kappa shape index (κ3) is 2.72. The second-order valence-electron chi connectivity index (χ2n) is 5.79. The average Bonchev–Trinajstić information content (AvgIpc) is 3.18. The van der Waals surface area contributed by atoms with Crippen molar-refractivity contribution in [3.8, 4) is 5.75 Å². The van der Waals surface area contributed by atoms with E-state index in [1.807, 2.05) is 47.8 Å². The predicted molar refractivity (Wildman–Crippen MR) is 87.8 cm³/mol. The molecule has 4 rings (SSSR count). The molecule has 0 N–H and O–H groups in total. The number of rotatable bonds is 4. The van der Waals surface area contributed by atoms with Crippen molar-refractivity contribution in [1.29, 1.82) is 0 Å². The highest BCUT2D eigenvalue weighted by Gasteiger charge is 2.27. The Morgan fingerprint density at radius 1 is 1.22 bits per heavy atom. The van der Waals surface area contributed by atoms with E-state index in [4.69, 9.17) is 4.74 Å². The van der Waals surface area contributed by atoms with E-state index in [1.165, 1.54) is 0 Å². The van der Waals surface area contributed by atoms with Crippen LogP contribution in [0.4, 0.5) is 5.82 Å². The molecule has 2 aromatic heterocycles. The Hall–Kier alpha value is -2.63. The number of para-hydroxylation sites is 1. The number of anilines is 1. The highest BCUT2D eigenvalue weighted by Crippen LogP contribution is 2.26. The SMILES string of the molecule is Cc1nc2nccc(N3CCC[C@H]3COc3ccccc3)n2n1. The predicted octanol–water partition coefficient (Wildman–Crippen LogP) is 2.48. The van der Waals surface area contributed by atoms with E-state index in [9.17, 15) is 0 Å². The van der Waals surface area contributed by atoms with E-state index < -0.39 is 0 Å². The lowest BCUT2D eigenvalue weighted by Gasteiger charge is -2.26. The first-order valence-corrected chi connectivity index (χ1v) is 7.94. The van der Waals surface area contributed by atoms with Crippen LogP contribution in [0, 0.1) is 6.92 Å². The highest BCUT2D eigenvalue weighted by atomic mass is 16.5. The molecule has 0 spiro atoms. The van der Waals surface area contributed by atoms with Gasteiger partial charge in [-0.15, -0.1) is 5.10 Å². The molecule has 0 unspecified atom stereocenters. The summed E-state index contributed by atoms with van der Waals surface area (Å²) in [7, 11) is 0. The van der Waals surface area contributed by atoms with Gasteiger partial charge in [-0.05, 0) is 38.0 Å². The largest absolute Gasteiger partial charge is 0.491 e. The average molecular weight is 309 g/mol. The summed E-state index contributed by atoms with van der Waals surface area (Å²) in [6.07, 6.45) is 4.07. The third-order valence-corrected chi connectivity index (χ3v) is 4.18. The molecule has 3 heterocycles. The topological polar surface area (TPSA) is 55.5 Å². The smallest absolute Gasteiger partial charge is 0.254 e. The van der Waals surface area contributed by atoms with Gasteiger partial charge in [-0.25, -0.2) is 4.98 Å². The molecule has 23 heavy (non-hydrogen) atoms. The molecule has 1 aliphatic rings. The summed E-state index contributed by atoms with van der Waals surface area (Å²) in [6, 6.07) is 12.3. The van der Waals surface area contributed by atoms with Gasteiger partial charge in [-0.2, -0.15) is 9.50 Å². The van der Waals surface area contributed by atoms with Crippen LogP contribution in [0.3, 0.4) is 0 Å². The molecule has 0 aliphatic carbocycles. The molecule has 0 saturated carbocycles. The summed E-state index contributed by atoms with van der Waals surface area (Å²) in [6.45, 7) is 3.56. The lowest BCUT2D eigenvalue weighted by atomic mass is 10.2. The molecule has 0 radical (unpaired) electrons. The van der Waals surface area contributed by atoms with E-state index in [1.54, 1.807) is 6.20 Å². The van der Waals surface area contributed by atoms with Gasteiger partial charge >= 0.3 is 0 Å². The molecule has 118 valence electrons. The van der Waals surface area contributed by atoms with E-state index in [-0.39, 0.29) is 0 Å². The van der Waals surface area contributed by atoms with Gasteiger partial charge < -0.3 is 9.64 Å². The first kappa shape index (κ1) is 14.0. The lowest BCUT2D eigenvalue weighted by Crippen LogP contribution is -2.35. The summed E-state index contributed by atoms with van der Waals surface area (Å²) in [5, 5.41) is 4.47. The Morgan fingerprint density at radius 2 is 2.09 bits per heavy atom. The maximum absolute atomic E-state index is 5.96. The van der Waals surface area contributed by atoms with Crippen LogP contribution in [0.25, 0.3) is 5.78 Å². The van der Waals surface area contributed by atoms with Crippen LogP contribution in [-0.2, 0) is 0 Å². The minimum atomic E-state index is 0.338. The van der Waals surface area contributed by atoms with Crippen LogP contribution in [0.15, 0.2) is 42.6 Å². The van der Waals surface area contributed by atoms with E-state index in [0.29, 0.717) is 18.4 Å². The molecule has 6 heteroatoms. The molecule has 1 aliphatic heterocycles. The summed E-state index contributed by atoms with van der Waals surface area (Å²) in [5.41, 5.74) is 0. The van der Waals surface area contributed by atoms with Crippen LogP contribution in [0.2, 0.25) is 0 Å². The highest BCUT2D eigenvalue weighted by molar-refractivity contribution is 5.47. The van der Waals surface area contributed by atoms with Crippen molar-refractivity contribution in [2.24, 2.45) is 0 Å². The minimum absolute atomic E-state index is 0.338. The summed E-state index contributed by atoms with van der Waals surface area (Å²) in [4.78, 5) is 11.0. The van der Waals surface area contributed by atoms with Crippen LogP contribution in [0.1, 0.15) is 18.7 Å². The summed E-state index contributed by atoms with van der Waals surface area (Å²) < 4.78 is 7.79. The maximum Gasteiger partial charge on any atom is 0.254 e. The van der Waals surface area contributed by atoms with Gasteiger partial charge in [0, 0.05) is 12.7 Å². The van der Waals surface area contributed by atoms with Gasteiger partial charge in [0.15, 0.2) is 0 Å². The van der Waals surface area contributed by atoms with Gasteiger partial charge in [0.2, 0.25) is 0 Å². The third-order valence-electron chi connectivity index (χ3n) is 4.18. The van der Waals surface area contributed by atoms with Crippen molar-refractivity contribution in [2.45, 2.75) is 25.8 Å². The first-order valence-electron chi connectivity index (χ1n) is 7.94. The number of fused-ring (bicyclic) bond motifs is 1. The second kappa shape index (κ2) is 5.87. The zero-order valence-electron chi connectivity index (χ0n) is 13.1. The molecule has 1 fully saturated rings. The fourth-order valence-electron chi connectivity index (χ4n) is 3.12. The summed E-state index contributed by atoms with van der Waals surface area (Å²) in [5.74, 6) is 3.33. The summed E-state index contributed by atoms with van der Waals surface area (Å²) >= 11 is 0. The molecular weight excluding hydrogens is 290 g/mol. The fraction of sp³-hybridized carbons (Fsp3) is 0.353. The number of benzene rings is 1. The van der Waals surface area contributed by atoms with Gasteiger partial charge in [-0.3, -0.25) is 0 Å². The van der Waals surface area contributed by atoms with Gasteiger partial charge in [0.25, 0.3) is 5.78 Å². The van der Waals surface area contributed by atoms with Crippen molar-refractivity contribution >= 4 is 11.6 Å². The molecule has 3 aromatic rings. The van der Waals surface area contributed by atoms with Crippen molar-refractivity contribution in [3.05, 3.63) is 48.4 Å². The van der Waals surface area contributed by atoms with E-state index in [0.717, 1.165) is 36.8 Å². The Labute approximate surface area is 134 Å². The second-order valence-corrected chi connectivity index (χ2v) is 5.79. The fourth-order valence-corrected chi connectivity index (χ4v) is 3.12. The van der Waals surface area contributed by atoms with Crippen LogP contribution in [0.5, 0.6) is 5.75 Å². The van der Waals surface area contributed by atoms with Crippen molar-refractivity contribution in [2.75, 3.05) is 18.1 Å². The van der Waals surface area contributed by atoms with Gasteiger partial charge in [0.1, 0.15) is 24.0 Å². The number of nitrogens with zero attached hydrogens (tertiary/aromatic N) is 5. The zero-order chi connectivity index (χ0) is 15.6. The van der Waals surface area contributed by atoms with Gasteiger partial charge in [-0.1, -0.05) is 18.2 Å². The molecule has 6 nitrogen and oxygen atoms in total. The number of hydrogen-bond acceptors (Lipinski definition) is 5. The Balaban J connectivity index is 1.57. The van der Waals surface area contributed by atoms with Crippen molar-refractivity contribution in [3.63, 3.8) is 0 Å². The Kier molecular flexibility index (Phi) is 3.57. The Bertz CT molecular complexity index is 801. The lowest BCUT2D eigenvalue weighted by molar-refractivity contribution is 0.288. The van der Waals surface area contributed by atoms with Gasteiger partial charge in [0.05, 0.1) is 6.04 Å². The molecule has 0 bridgehead atoms. The normalized spacial score (nSPS) is 17.8. The molecule has 0 amide bonds. The monoisotopic (exact) mass is 309 g/mol. The van der Waals surface area contributed by atoms with Crippen LogP contribution >= 0.6 is 0 Å². The van der Waals surface area contributed by atoms with Crippen molar-refractivity contribution in [1.82, 2.24) is 19.6 Å². The van der Waals surface area contributed by atoms with Crippen molar-refractivity contribution < 1.29 is 4.74 Å². The number of aromatic nitrogens is 4. The molecule has 1 atom stereocenters. The number of aryl methyl sites for hydroxylation is 1. The zero-order valence-corrected chi connectivity index (χ0v) is 13.1. The molecule has 1 aromatic carbocycles. The number of ether oxygens (including phenoxy) is 1. The van der Waals surface area contributed by atoms with Crippen LogP contribution < -0.4 is 9.64 Å². The molecule has 1 saturated heterocycles. The Morgan fingerprint density at radius 3 is 2.96 bits per heavy atom. The maximum atomic E-state index is 5.96. The van der Waals surface area contributed by atoms with E-state index in [2.05, 4.69) is 20.0 Å². The minimum Gasteiger partial charge on any atom is -0.491 e. The standard InChI is InChI=1S/C17H19N5O/c1-13-19-17-18-10-9-16(22(17)20-13)21-11-5-6-14(21)12-23-15-7-3-2-4-8-15/h2-4,7-10,14H,5-6,11-12H2,1H3/t14-/m0/s1. The quantitative estimate of drug-likeness (QED) is 0.741. The number of hydrogen-bond donors (Lipinski definition) is 0. The first-order chi connectivity index (χ1) is 11.3. The van der Waals surface area contributed by atoms with Crippen LogP contribution in [-0.4, -0.2) is 38.8 Å². The van der Waals surface area contributed by atoms with E-state index >= 15 is 0 Å².